The average molecular weight is 294 g/mol. The Balaban J connectivity index is 1.99. The van der Waals surface area contributed by atoms with Crippen LogP contribution in [0.5, 0.6) is 5.75 Å². The highest BCUT2D eigenvalue weighted by Crippen LogP contribution is 2.20. The number of para-hydroxylation sites is 1. The first-order valence-corrected chi connectivity index (χ1v) is 7.02. The fraction of sp³-hybridized carbons (Fsp3) is 0.400. The van der Waals surface area contributed by atoms with Crippen molar-refractivity contribution in [2.45, 2.75) is 19.4 Å². The Labute approximate surface area is 124 Å². The van der Waals surface area contributed by atoms with Gasteiger partial charge in [0.05, 0.1) is 5.69 Å². The Kier molecular flexibility index (Phi) is 5.04. The third-order valence-electron chi connectivity index (χ3n) is 3.32. The molecular formula is C15H20ClN3O. The number of benzene rings is 1. The SMILES string of the molecule is CNC(COc1ccccc1)Cc1c(C)nn(C)c1Cl. The summed E-state index contributed by atoms with van der Waals surface area (Å²) in [5, 5.41) is 8.29. The van der Waals surface area contributed by atoms with E-state index in [0.29, 0.717) is 11.8 Å². The van der Waals surface area contributed by atoms with Gasteiger partial charge in [-0.2, -0.15) is 5.10 Å². The fourth-order valence-corrected chi connectivity index (χ4v) is 2.36. The largest absolute Gasteiger partial charge is 0.492 e. The standard InChI is InChI=1S/C15H20ClN3O/c1-11-14(15(16)19(3)18-11)9-12(17-2)10-20-13-7-5-4-6-8-13/h4-8,12,17H,9-10H2,1-3H3. The van der Waals surface area contributed by atoms with E-state index in [1.54, 1.807) is 4.68 Å². The van der Waals surface area contributed by atoms with Gasteiger partial charge in [0.2, 0.25) is 0 Å². The van der Waals surface area contributed by atoms with Crippen molar-refractivity contribution in [3.63, 3.8) is 0 Å². The molecular weight excluding hydrogens is 274 g/mol. The van der Waals surface area contributed by atoms with Crippen molar-refractivity contribution in [3.05, 3.63) is 46.7 Å². The number of halogens is 1. The molecule has 1 aromatic heterocycles. The van der Waals surface area contributed by atoms with E-state index in [1.165, 1.54) is 0 Å². The predicted octanol–water partition coefficient (Wildman–Crippen LogP) is 2.59. The Morgan fingerprint density at radius 2 is 2.05 bits per heavy atom. The van der Waals surface area contributed by atoms with Crippen LogP contribution in [-0.2, 0) is 13.5 Å². The molecule has 1 unspecified atom stereocenters. The Hall–Kier alpha value is -1.52. The van der Waals surface area contributed by atoms with Gasteiger partial charge in [0.1, 0.15) is 17.5 Å². The summed E-state index contributed by atoms with van der Waals surface area (Å²) < 4.78 is 7.49. The molecule has 2 rings (SSSR count). The zero-order valence-electron chi connectivity index (χ0n) is 12.1. The van der Waals surface area contributed by atoms with Gasteiger partial charge in [0.15, 0.2) is 0 Å². The first kappa shape index (κ1) is 14.9. The Morgan fingerprint density at radius 3 is 2.60 bits per heavy atom. The monoisotopic (exact) mass is 293 g/mol. The second kappa shape index (κ2) is 6.77. The number of ether oxygens (including phenoxy) is 1. The summed E-state index contributed by atoms with van der Waals surface area (Å²) in [7, 11) is 3.78. The van der Waals surface area contributed by atoms with Gasteiger partial charge >= 0.3 is 0 Å². The highest BCUT2D eigenvalue weighted by Gasteiger charge is 2.16. The molecule has 0 aliphatic carbocycles. The number of rotatable bonds is 6. The number of hydrogen-bond acceptors (Lipinski definition) is 3. The van der Waals surface area contributed by atoms with Crippen LogP contribution in [-0.4, -0.2) is 29.5 Å². The average Bonchev–Trinajstić information content (AvgIpc) is 2.70. The minimum absolute atomic E-state index is 0.190. The van der Waals surface area contributed by atoms with Crippen LogP contribution in [0.15, 0.2) is 30.3 Å². The summed E-state index contributed by atoms with van der Waals surface area (Å²) in [5.74, 6) is 0.877. The topological polar surface area (TPSA) is 39.1 Å². The van der Waals surface area contributed by atoms with Crippen molar-refractivity contribution in [1.82, 2.24) is 15.1 Å². The maximum absolute atomic E-state index is 6.26. The molecule has 0 aliphatic heterocycles. The first-order valence-electron chi connectivity index (χ1n) is 6.65. The molecule has 0 amide bonds. The molecule has 1 aromatic carbocycles. The van der Waals surface area contributed by atoms with E-state index in [9.17, 15) is 0 Å². The molecule has 2 aromatic rings. The molecule has 20 heavy (non-hydrogen) atoms. The first-order chi connectivity index (χ1) is 9.61. The second-order valence-electron chi connectivity index (χ2n) is 4.79. The molecule has 0 saturated carbocycles. The number of hydrogen-bond donors (Lipinski definition) is 1. The lowest BCUT2D eigenvalue weighted by molar-refractivity contribution is 0.269. The maximum Gasteiger partial charge on any atom is 0.130 e. The highest BCUT2D eigenvalue weighted by molar-refractivity contribution is 6.30. The summed E-state index contributed by atoms with van der Waals surface area (Å²) in [6, 6.07) is 10.00. The van der Waals surface area contributed by atoms with Gasteiger partial charge < -0.3 is 10.1 Å². The molecule has 1 heterocycles. The van der Waals surface area contributed by atoms with Crippen LogP contribution < -0.4 is 10.1 Å². The number of nitrogens with zero attached hydrogens (tertiary/aromatic N) is 2. The number of aryl methyl sites for hydroxylation is 2. The van der Waals surface area contributed by atoms with Crippen molar-refractivity contribution < 1.29 is 4.74 Å². The van der Waals surface area contributed by atoms with Gasteiger partial charge in [0, 0.05) is 18.7 Å². The predicted molar refractivity (Wildman–Crippen MR) is 81.4 cm³/mol. The zero-order chi connectivity index (χ0) is 14.5. The lowest BCUT2D eigenvalue weighted by atomic mass is 10.1. The molecule has 0 radical (unpaired) electrons. The lowest BCUT2D eigenvalue weighted by Crippen LogP contribution is -2.34. The molecule has 0 spiro atoms. The fourth-order valence-electron chi connectivity index (χ4n) is 2.11. The van der Waals surface area contributed by atoms with Crippen molar-refractivity contribution >= 4 is 11.6 Å². The minimum Gasteiger partial charge on any atom is -0.492 e. The molecule has 108 valence electrons. The number of nitrogens with one attached hydrogen (secondary N) is 1. The van der Waals surface area contributed by atoms with Crippen molar-refractivity contribution in [2.75, 3.05) is 13.7 Å². The summed E-state index contributed by atoms with van der Waals surface area (Å²) in [5.41, 5.74) is 2.04. The normalized spacial score (nSPS) is 12.4. The van der Waals surface area contributed by atoms with Gasteiger partial charge in [-0.3, -0.25) is 4.68 Å². The zero-order valence-corrected chi connectivity index (χ0v) is 12.8. The second-order valence-corrected chi connectivity index (χ2v) is 5.15. The van der Waals surface area contributed by atoms with Crippen molar-refractivity contribution in [2.24, 2.45) is 7.05 Å². The maximum atomic E-state index is 6.26. The molecule has 0 bridgehead atoms. The van der Waals surface area contributed by atoms with Gasteiger partial charge in [-0.15, -0.1) is 0 Å². The smallest absolute Gasteiger partial charge is 0.130 e. The highest BCUT2D eigenvalue weighted by atomic mass is 35.5. The summed E-state index contributed by atoms with van der Waals surface area (Å²) in [6.07, 6.45) is 0.793. The van der Waals surface area contributed by atoms with E-state index in [4.69, 9.17) is 16.3 Å². The van der Waals surface area contributed by atoms with E-state index in [-0.39, 0.29) is 6.04 Å². The Morgan fingerprint density at radius 1 is 1.35 bits per heavy atom. The van der Waals surface area contributed by atoms with Gasteiger partial charge in [-0.1, -0.05) is 29.8 Å². The van der Waals surface area contributed by atoms with Crippen LogP contribution in [0.3, 0.4) is 0 Å². The van der Waals surface area contributed by atoms with E-state index in [1.807, 2.05) is 51.4 Å². The number of aromatic nitrogens is 2. The van der Waals surface area contributed by atoms with Gasteiger partial charge in [0.25, 0.3) is 0 Å². The van der Waals surface area contributed by atoms with Crippen LogP contribution in [0.25, 0.3) is 0 Å². The quantitative estimate of drug-likeness (QED) is 0.890. The molecule has 0 fully saturated rings. The molecule has 1 N–H and O–H groups in total. The van der Waals surface area contributed by atoms with E-state index < -0.39 is 0 Å². The van der Waals surface area contributed by atoms with E-state index >= 15 is 0 Å². The van der Waals surface area contributed by atoms with E-state index in [0.717, 1.165) is 23.4 Å². The molecule has 5 heteroatoms. The van der Waals surface area contributed by atoms with Crippen LogP contribution in [0, 0.1) is 6.92 Å². The third-order valence-corrected chi connectivity index (χ3v) is 3.80. The summed E-state index contributed by atoms with van der Waals surface area (Å²) in [4.78, 5) is 0. The molecule has 0 aliphatic rings. The minimum atomic E-state index is 0.190. The summed E-state index contributed by atoms with van der Waals surface area (Å²) >= 11 is 6.26. The van der Waals surface area contributed by atoms with Gasteiger partial charge in [-0.05, 0) is 32.5 Å². The van der Waals surface area contributed by atoms with Gasteiger partial charge in [-0.25, -0.2) is 0 Å². The number of likely N-dealkylation sites (N-methyl/N-ethyl adjacent to an activating group) is 1. The Bertz CT molecular complexity index is 554. The third kappa shape index (κ3) is 3.52. The molecule has 0 saturated heterocycles. The lowest BCUT2D eigenvalue weighted by Gasteiger charge is -2.17. The molecule has 4 nitrogen and oxygen atoms in total. The van der Waals surface area contributed by atoms with Crippen molar-refractivity contribution in [1.29, 1.82) is 0 Å². The van der Waals surface area contributed by atoms with Crippen LogP contribution in [0.2, 0.25) is 5.15 Å². The molecule has 1 atom stereocenters. The van der Waals surface area contributed by atoms with Crippen molar-refractivity contribution in [3.8, 4) is 5.75 Å². The summed E-state index contributed by atoms with van der Waals surface area (Å²) in [6.45, 7) is 2.57. The van der Waals surface area contributed by atoms with Crippen LogP contribution in [0.1, 0.15) is 11.3 Å². The van der Waals surface area contributed by atoms with E-state index in [2.05, 4.69) is 10.4 Å². The van der Waals surface area contributed by atoms with Crippen LogP contribution in [0.4, 0.5) is 0 Å². The van der Waals surface area contributed by atoms with Crippen LogP contribution >= 0.6 is 11.6 Å².